The molecule has 1 aliphatic rings. The van der Waals surface area contributed by atoms with Crippen molar-refractivity contribution >= 4 is 5.97 Å². The zero-order valence-corrected chi connectivity index (χ0v) is 11.2. The van der Waals surface area contributed by atoms with E-state index >= 15 is 0 Å². The normalized spacial score (nSPS) is 22.1. The summed E-state index contributed by atoms with van der Waals surface area (Å²) in [5.41, 5.74) is 0. The second-order valence-electron chi connectivity index (χ2n) is 4.75. The van der Waals surface area contributed by atoms with Crippen molar-refractivity contribution in [3.63, 3.8) is 0 Å². The lowest BCUT2D eigenvalue weighted by Gasteiger charge is -2.19. The van der Waals surface area contributed by atoms with Crippen molar-refractivity contribution in [2.45, 2.75) is 45.1 Å². The number of nitrogens with zero attached hydrogens (tertiary/aromatic N) is 1. The van der Waals surface area contributed by atoms with Gasteiger partial charge in [-0.2, -0.15) is 0 Å². The molecule has 1 aliphatic heterocycles. The molecular formula is C13H26N2O2. The Hall–Kier alpha value is -0.610. The van der Waals surface area contributed by atoms with Crippen LogP contribution in [0.5, 0.6) is 0 Å². The third-order valence-corrected chi connectivity index (χ3v) is 3.35. The number of carbonyl (C=O) groups excluding carboxylic acids is 1. The summed E-state index contributed by atoms with van der Waals surface area (Å²) in [5.74, 6) is -0.126. The van der Waals surface area contributed by atoms with E-state index in [9.17, 15) is 4.79 Å². The van der Waals surface area contributed by atoms with Gasteiger partial charge in [0.25, 0.3) is 0 Å². The van der Waals surface area contributed by atoms with Crippen LogP contribution in [0.25, 0.3) is 0 Å². The van der Waals surface area contributed by atoms with E-state index < -0.39 is 0 Å². The summed E-state index contributed by atoms with van der Waals surface area (Å²) in [6.45, 7) is 6.60. The number of hydrogen-bond donors (Lipinski definition) is 1. The molecule has 4 heteroatoms. The lowest BCUT2D eigenvalue weighted by atomic mass is 10.1. The summed E-state index contributed by atoms with van der Waals surface area (Å²) in [7, 11) is 1.44. The zero-order chi connectivity index (χ0) is 12.5. The maximum absolute atomic E-state index is 11.0. The highest BCUT2D eigenvalue weighted by atomic mass is 16.5. The molecule has 1 N–H and O–H groups in total. The number of methoxy groups -OCH3 is 1. The molecule has 0 aromatic heterocycles. The van der Waals surface area contributed by atoms with E-state index in [1.807, 2.05) is 0 Å². The van der Waals surface area contributed by atoms with E-state index in [-0.39, 0.29) is 5.97 Å². The van der Waals surface area contributed by atoms with Crippen LogP contribution in [0, 0.1) is 0 Å². The molecule has 0 saturated carbocycles. The molecule has 0 amide bonds. The standard InChI is InChI=1S/C13H26N2O2/c1-3-9-15-10-4-5-12(7-11-15)14-8-6-13(16)17-2/h12,14H,3-11H2,1-2H3. The molecule has 0 aliphatic carbocycles. The number of hydrogen-bond acceptors (Lipinski definition) is 4. The van der Waals surface area contributed by atoms with E-state index in [2.05, 4.69) is 21.9 Å². The average Bonchev–Trinajstić information content (AvgIpc) is 2.55. The first-order valence-corrected chi connectivity index (χ1v) is 6.78. The Morgan fingerprint density at radius 3 is 2.94 bits per heavy atom. The monoisotopic (exact) mass is 242 g/mol. The number of carbonyl (C=O) groups is 1. The highest BCUT2D eigenvalue weighted by Gasteiger charge is 2.15. The Labute approximate surface area is 105 Å². The van der Waals surface area contributed by atoms with Crippen molar-refractivity contribution in [1.82, 2.24) is 10.2 Å². The van der Waals surface area contributed by atoms with E-state index in [4.69, 9.17) is 0 Å². The van der Waals surface area contributed by atoms with Crippen LogP contribution < -0.4 is 5.32 Å². The van der Waals surface area contributed by atoms with Gasteiger partial charge >= 0.3 is 5.97 Å². The summed E-state index contributed by atoms with van der Waals surface area (Å²) < 4.78 is 4.63. The number of esters is 1. The SMILES string of the molecule is CCCN1CCCC(NCCC(=O)OC)CC1. The average molecular weight is 242 g/mol. The fraction of sp³-hybridized carbons (Fsp3) is 0.923. The summed E-state index contributed by atoms with van der Waals surface area (Å²) in [4.78, 5) is 13.5. The molecule has 4 nitrogen and oxygen atoms in total. The van der Waals surface area contributed by atoms with Crippen molar-refractivity contribution in [3.05, 3.63) is 0 Å². The van der Waals surface area contributed by atoms with Crippen LogP contribution in [0.1, 0.15) is 39.0 Å². The van der Waals surface area contributed by atoms with Gasteiger partial charge in [0.1, 0.15) is 0 Å². The number of ether oxygens (including phenoxy) is 1. The van der Waals surface area contributed by atoms with Crippen LogP contribution in [0.2, 0.25) is 0 Å². The Morgan fingerprint density at radius 2 is 2.24 bits per heavy atom. The molecule has 0 bridgehead atoms. The van der Waals surface area contributed by atoms with Gasteiger partial charge in [0.05, 0.1) is 13.5 Å². The third-order valence-electron chi connectivity index (χ3n) is 3.35. The summed E-state index contributed by atoms with van der Waals surface area (Å²) in [6, 6.07) is 0.571. The van der Waals surface area contributed by atoms with Gasteiger partial charge in [-0.25, -0.2) is 0 Å². The van der Waals surface area contributed by atoms with Crippen LogP contribution in [-0.4, -0.2) is 50.2 Å². The van der Waals surface area contributed by atoms with Gasteiger partial charge in [0.2, 0.25) is 0 Å². The highest BCUT2D eigenvalue weighted by molar-refractivity contribution is 5.69. The molecule has 0 aromatic rings. The molecule has 100 valence electrons. The minimum absolute atomic E-state index is 0.126. The summed E-state index contributed by atoms with van der Waals surface area (Å²) >= 11 is 0. The van der Waals surface area contributed by atoms with Crippen molar-refractivity contribution < 1.29 is 9.53 Å². The smallest absolute Gasteiger partial charge is 0.306 e. The van der Waals surface area contributed by atoms with E-state index in [1.54, 1.807) is 0 Å². The molecule has 1 rings (SSSR count). The first kappa shape index (κ1) is 14.5. The summed E-state index contributed by atoms with van der Waals surface area (Å²) in [5, 5.41) is 3.46. The second-order valence-corrected chi connectivity index (χ2v) is 4.75. The Balaban J connectivity index is 2.15. The molecule has 1 atom stereocenters. The Bertz CT molecular complexity index is 221. The van der Waals surface area contributed by atoms with Crippen LogP contribution in [0.15, 0.2) is 0 Å². The number of likely N-dealkylation sites (tertiary alicyclic amines) is 1. The van der Waals surface area contributed by atoms with Gasteiger partial charge in [-0.3, -0.25) is 4.79 Å². The van der Waals surface area contributed by atoms with Crippen LogP contribution in [0.3, 0.4) is 0 Å². The van der Waals surface area contributed by atoms with Crippen molar-refractivity contribution in [3.8, 4) is 0 Å². The Kier molecular flexibility index (Phi) is 7.21. The largest absolute Gasteiger partial charge is 0.469 e. The van der Waals surface area contributed by atoms with Gasteiger partial charge in [0.15, 0.2) is 0 Å². The van der Waals surface area contributed by atoms with Crippen molar-refractivity contribution in [2.75, 3.05) is 33.3 Å². The second kappa shape index (κ2) is 8.48. The quantitative estimate of drug-likeness (QED) is 0.715. The molecule has 1 heterocycles. The van der Waals surface area contributed by atoms with E-state index in [1.165, 1.54) is 52.4 Å². The van der Waals surface area contributed by atoms with Crippen molar-refractivity contribution in [1.29, 1.82) is 0 Å². The lowest BCUT2D eigenvalue weighted by Crippen LogP contribution is -2.32. The molecule has 0 radical (unpaired) electrons. The van der Waals surface area contributed by atoms with Crippen molar-refractivity contribution in [2.24, 2.45) is 0 Å². The maximum atomic E-state index is 11.0. The van der Waals surface area contributed by atoms with Gasteiger partial charge in [0, 0.05) is 12.6 Å². The molecule has 17 heavy (non-hydrogen) atoms. The topological polar surface area (TPSA) is 41.6 Å². The van der Waals surface area contributed by atoms with Gasteiger partial charge in [-0.1, -0.05) is 6.92 Å². The molecule has 1 fully saturated rings. The molecule has 0 spiro atoms. The predicted octanol–water partition coefficient (Wildman–Crippen LogP) is 1.40. The molecular weight excluding hydrogens is 216 g/mol. The fourth-order valence-electron chi connectivity index (χ4n) is 2.38. The number of rotatable bonds is 6. The zero-order valence-electron chi connectivity index (χ0n) is 11.2. The van der Waals surface area contributed by atoms with E-state index in [0.29, 0.717) is 12.5 Å². The van der Waals surface area contributed by atoms with Gasteiger partial charge in [-0.15, -0.1) is 0 Å². The highest BCUT2D eigenvalue weighted by Crippen LogP contribution is 2.11. The minimum atomic E-state index is -0.126. The molecule has 1 unspecified atom stereocenters. The van der Waals surface area contributed by atoms with Crippen LogP contribution in [0.4, 0.5) is 0 Å². The van der Waals surface area contributed by atoms with Gasteiger partial charge < -0.3 is 15.0 Å². The van der Waals surface area contributed by atoms with Crippen LogP contribution >= 0.6 is 0 Å². The molecule has 1 saturated heterocycles. The maximum Gasteiger partial charge on any atom is 0.306 e. The first-order chi connectivity index (χ1) is 8.26. The third kappa shape index (κ3) is 6.03. The Morgan fingerprint density at radius 1 is 1.41 bits per heavy atom. The molecule has 0 aromatic carbocycles. The van der Waals surface area contributed by atoms with Crippen LogP contribution in [-0.2, 0) is 9.53 Å². The predicted molar refractivity (Wildman–Crippen MR) is 69.0 cm³/mol. The summed E-state index contributed by atoms with van der Waals surface area (Å²) in [6.07, 6.45) is 5.39. The lowest BCUT2D eigenvalue weighted by molar-refractivity contribution is -0.140. The minimum Gasteiger partial charge on any atom is -0.469 e. The van der Waals surface area contributed by atoms with Gasteiger partial charge in [-0.05, 0) is 45.3 Å². The first-order valence-electron chi connectivity index (χ1n) is 6.78. The number of nitrogens with one attached hydrogen (secondary N) is 1. The fourth-order valence-corrected chi connectivity index (χ4v) is 2.38. The van der Waals surface area contributed by atoms with E-state index in [0.717, 1.165) is 6.54 Å².